The number of carbonyl (C=O) groups is 3. The fourth-order valence-electron chi connectivity index (χ4n) is 5.93. The van der Waals surface area contributed by atoms with Crippen LogP contribution < -0.4 is 5.32 Å². The summed E-state index contributed by atoms with van der Waals surface area (Å²) in [5.74, 6) is -7.58. The van der Waals surface area contributed by atoms with Crippen molar-refractivity contribution < 1.29 is 33.0 Å². The Morgan fingerprint density at radius 3 is 2.06 bits per heavy atom. The Bertz CT molecular complexity index is 1110. The number of benzene rings is 2. The Hall–Kier alpha value is -3.49. The fraction of sp³-hybridized carbons (Fsp3) is 0.423. The number of halogens is 2. The summed E-state index contributed by atoms with van der Waals surface area (Å²) in [5, 5.41) is 11.4. The molecule has 0 radical (unpaired) electrons. The molecule has 0 spiro atoms. The quantitative estimate of drug-likeness (QED) is 0.652. The van der Waals surface area contributed by atoms with Gasteiger partial charge in [0.05, 0.1) is 12.5 Å². The van der Waals surface area contributed by atoms with Crippen LogP contribution in [0.2, 0.25) is 0 Å². The van der Waals surface area contributed by atoms with Gasteiger partial charge < -0.3 is 20.1 Å². The highest BCUT2D eigenvalue weighted by Crippen LogP contribution is 2.45. The second-order valence-corrected chi connectivity index (χ2v) is 9.56. The number of aliphatic carboxylic acids is 1. The number of alkyl halides is 2. The number of hydrogen-bond donors (Lipinski definition) is 2. The van der Waals surface area contributed by atoms with Crippen LogP contribution in [0.4, 0.5) is 13.6 Å². The fourth-order valence-corrected chi connectivity index (χ4v) is 5.93. The molecular weight excluding hydrogens is 458 g/mol. The highest BCUT2D eigenvalue weighted by Gasteiger charge is 2.51. The summed E-state index contributed by atoms with van der Waals surface area (Å²) < 4.78 is 34.6. The molecule has 2 atom stereocenters. The monoisotopic (exact) mass is 484 g/mol. The van der Waals surface area contributed by atoms with Gasteiger partial charge in [-0.25, -0.2) is 4.79 Å². The first-order chi connectivity index (χ1) is 16.8. The van der Waals surface area contributed by atoms with Crippen molar-refractivity contribution in [3.63, 3.8) is 0 Å². The third-order valence-corrected chi connectivity index (χ3v) is 7.52. The van der Waals surface area contributed by atoms with E-state index in [4.69, 9.17) is 4.74 Å². The summed E-state index contributed by atoms with van der Waals surface area (Å²) in [6, 6.07) is 15.5. The van der Waals surface area contributed by atoms with Gasteiger partial charge in [0.2, 0.25) is 0 Å². The van der Waals surface area contributed by atoms with E-state index in [2.05, 4.69) is 0 Å². The van der Waals surface area contributed by atoms with Crippen LogP contribution in [0.3, 0.4) is 0 Å². The topological polar surface area (TPSA) is 95.9 Å². The van der Waals surface area contributed by atoms with Gasteiger partial charge in [-0.1, -0.05) is 48.5 Å². The minimum atomic E-state index is -3.82. The number of carboxylic acid groups (broad SMARTS) is 1. The van der Waals surface area contributed by atoms with Crippen molar-refractivity contribution in [3.8, 4) is 11.1 Å². The Balaban J connectivity index is 1.17. The number of hydrogen-bond acceptors (Lipinski definition) is 4. The first kappa shape index (κ1) is 23.3. The van der Waals surface area contributed by atoms with Crippen molar-refractivity contribution in [2.24, 2.45) is 17.8 Å². The predicted octanol–water partition coefficient (Wildman–Crippen LogP) is 3.73. The van der Waals surface area contributed by atoms with Crippen LogP contribution >= 0.6 is 0 Å². The van der Waals surface area contributed by atoms with Gasteiger partial charge in [0.1, 0.15) is 6.61 Å². The highest BCUT2D eigenvalue weighted by molar-refractivity contribution is 5.85. The number of carboxylic acids is 1. The van der Waals surface area contributed by atoms with Gasteiger partial charge in [-0.2, -0.15) is 8.78 Å². The normalized spacial score (nSPS) is 22.9. The number of ether oxygens (including phenoxy) is 1. The van der Waals surface area contributed by atoms with Crippen molar-refractivity contribution >= 4 is 18.0 Å². The smallest absolute Gasteiger partial charge is 0.407 e. The number of fused-ring (bicyclic) bond motifs is 5. The largest absolute Gasteiger partial charge is 0.481 e. The van der Waals surface area contributed by atoms with E-state index in [-0.39, 0.29) is 37.5 Å². The molecule has 2 unspecified atom stereocenters. The van der Waals surface area contributed by atoms with Crippen molar-refractivity contribution in [3.05, 3.63) is 59.7 Å². The molecular formula is C26H26F2N2O5. The number of alkyl carbamates (subject to hydrolysis) is 1. The second kappa shape index (κ2) is 8.94. The summed E-state index contributed by atoms with van der Waals surface area (Å²) in [6.07, 6.45) is 0.188. The molecule has 7 nitrogen and oxygen atoms in total. The molecule has 184 valence electrons. The van der Waals surface area contributed by atoms with Crippen LogP contribution in [0.1, 0.15) is 29.9 Å². The van der Waals surface area contributed by atoms with E-state index in [0.29, 0.717) is 12.8 Å². The van der Waals surface area contributed by atoms with Crippen molar-refractivity contribution in [1.29, 1.82) is 0 Å². The maximum absolute atomic E-state index is 14.7. The van der Waals surface area contributed by atoms with Crippen LogP contribution in [0, 0.1) is 17.8 Å². The summed E-state index contributed by atoms with van der Waals surface area (Å²) >= 11 is 0. The van der Waals surface area contributed by atoms with Gasteiger partial charge in [-0.3, -0.25) is 9.59 Å². The number of amides is 2. The van der Waals surface area contributed by atoms with Gasteiger partial charge in [0, 0.05) is 19.0 Å². The molecule has 2 aromatic carbocycles. The number of piperidine rings is 1. The molecule has 2 bridgehead atoms. The Kier molecular flexibility index (Phi) is 5.94. The van der Waals surface area contributed by atoms with E-state index in [1.54, 1.807) is 0 Å². The lowest BCUT2D eigenvalue weighted by Crippen LogP contribution is -2.55. The summed E-state index contributed by atoms with van der Waals surface area (Å²) in [6.45, 7) is -1.22. The molecule has 2 aromatic rings. The zero-order valence-electron chi connectivity index (χ0n) is 19.0. The molecule has 1 saturated carbocycles. The third kappa shape index (κ3) is 4.24. The van der Waals surface area contributed by atoms with Crippen LogP contribution in [0.5, 0.6) is 0 Å². The lowest BCUT2D eigenvalue weighted by atomic mass is 9.85. The predicted molar refractivity (Wildman–Crippen MR) is 122 cm³/mol. The van der Waals surface area contributed by atoms with Crippen LogP contribution in [-0.2, 0) is 14.3 Å². The second-order valence-electron chi connectivity index (χ2n) is 9.56. The molecule has 2 aliphatic carbocycles. The first-order valence-corrected chi connectivity index (χ1v) is 11.7. The minimum absolute atomic E-state index is 0.00711. The average molecular weight is 484 g/mol. The molecule has 2 amide bonds. The van der Waals surface area contributed by atoms with E-state index < -0.39 is 36.4 Å². The summed E-state index contributed by atoms with van der Waals surface area (Å²) in [7, 11) is 0. The van der Waals surface area contributed by atoms with Crippen molar-refractivity contribution in [1.82, 2.24) is 10.2 Å². The number of nitrogens with one attached hydrogen (secondary N) is 1. The zero-order valence-corrected chi connectivity index (χ0v) is 19.0. The molecule has 35 heavy (non-hydrogen) atoms. The Labute approximate surface area is 201 Å². The maximum Gasteiger partial charge on any atom is 0.407 e. The Morgan fingerprint density at radius 2 is 1.51 bits per heavy atom. The van der Waals surface area contributed by atoms with Gasteiger partial charge in [0.15, 0.2) is 0 Å². The van der Waals surface area contributed by atoms with E-state index in [9.17, 15) is 28.3 Å². The number of carbonyl (C=O) groups excluding carboxylic acids is 2. The van der Waals surface area contributed by atoms with Crippen LogP contribution in [-0.4, -0.2) is 60.1 Å². The molecule has 3 aliphatic rings. The van der Waals surface area contributed by atoms with E-state index in [0.717, 1.165) is 27.2 Å². The molecule has 9 heteroatoms. The van der Waals surface area contributed by atoms with Gasteiger partial charge >= 0.3 is 18.0 Å². The lowest BCUT2D eigenvalue weighted by Gasteiger charge is -2.37. The molecule has 5 rings (SSSR count). The molecule has 2 N–H and O–H groups in total. The van der Waals surface area contributed by atoms with Gasteiger partial charge in [-0.15, -0.1) is 0 Å². The summed E-state index contributed by atoms with van der Waals surface area (Å²) in [5.41, 5.74) is 4.10. The lowest BCUT2D eigenvalue weighted by molar-refractivity contribution is -0.163. The first-order valence-electron chi connectivity index (χ1n) is 11.7. The zero-order chi connectivity index (χ0) is 24.7. The minimum Gasteiger partial charge on any atom is -0.481 e. The molecule has 0 aromatic heterocycles. The molecule has 2 fully saturated rings. The van der Waals surface area contributed by atoms with Gasteiger partial charge in [0.25, 0.3) is 5.91 Å². The number of likely N-dealkylation sites (tertiary alicyclic amines) is 1. The van der Waals surface area contributed by atoms with Gasteiger partial charge in [-0.05, 0) is 46.9 Å². The molecule has 1 heterocycles. The third-order valence-electron chi connectivity index (χ3n) is 7.52. The Morgan fingerprint density at radius 1 is 0.971 bits per heavy atom. The summed E-state index contributed by atoms with van der Waals surface area (Å²) in [4.78, 5) is 37.2. The van der Waals surface area contributed by atoms with E-state index >= 15 is 0 Å². The maximum atomic E-state index is 14.7. The SMILES string of the molecule is O=C(NCC(F)(F)C(=O)N1CC2CCC(C1)C2C(=O)O)OCC1c2ccccc2-c2ccccc21. The molecule has 1 aliphatic heterocycles. The van der Waals surface area contributed by atoms with Crippen molar-refractivity contribution in [2.45, 2.75) is 24.7 Å². The van der Waals surface area contributed by atoms with E-state index in [1.807, 2.05) is 53.8 Å². The number of rotatable bonds is 6. The highest BCUT2D eigenvalue weighted by atomic mass is 19.3. The van der Waals surface area contributed by atoms with E-state index in [1.165, 1.54) is 0 Å². The van der Waals surface area contributed by atoms with Crippen LogP contribution in [0.25, 0.3) is 11.1 Å². The molecule has 1 saturated heterocycles. The van der Waals surface area contributed by atoms with Crippen LogP contribution in [0.15, 0.2) is 48.5 Å². The standard InChI is InChI=1S/C26H26F2N2O5/c27-26(28,24(33)30-11-15-9-10-16(12-30)22(15)23(31)32)14-29-25(34)35-13-21-19-7-3-1-5-17(19)18-6-2-4-8-20(18)21/h1-8,15-16,21-22H,9-14H2,(H,29,34)(H,31,32). The number of nitrogens with zero attached hydrogens (tertiary/aromatic N) is 1. The van der Waals surface area contributed by atoms with Crippen molar-refractivity contribution in [2.75, 3.05) is 26.2 Å². The average Bonchev–Trinajstić information content (AvgIpc) is 3.32.